The number of aromatic nitrogens is 1. The summed E-state index contributed by atoms with van der Waals surface area (Å²) in [5, 5.41) is 0.832. The van der Waals surface area contributed by atoms with E-state index in [0.29, 0.717) is 9.71 Å². The summed E-state index contributed by atoms with van der Waals surface area (Å²) in [4.78, 5) is 25.5. The summed E-state index contributed by atoms with van der Waals surface area (Å²) >= 11 is 1.19. The second kappa shape index (κ2) is 2.70. The molecular weight excluding hydrogens is 188 g/mol. The van der Waals surface area contributed by atoms with Gasteiger partial charge in [-0.25, -0.2) is 0 Å². The third-order valence-corrected chi connectivity index (χ3v) is 2.74. The summed E-state index contributed by atoms with van der Waals surface area (Å²) in [7, 11) is 0. The maximum Gasteiger partial charge on any atom is 0.258 e. The van der Waals surface area contributed by atoms with Crippen LogP contribution in [0.25, 0.3) is 10.2 Å². The molecule has 0 aliphatic heterocycles. The molecule has 2 aromatic rings. The van der Waals surface area contributed by atoms with E-state index < -0.39 is 5.91 Å². The van der Waals surface area contributed by atoms with Gasteiger partial charge in [0.15, 0.2) is 0 Å². The number of aromatic amines is 1. The molecule has 0 aliphatic rings. The van der Waals surface area contributed by atoms with E-state index in [1.807, 2.05) is 0 Å². The van der Waals surface area contributed by atoms with Gasteiger partial charge in [0.05, 0.1) is 4.88 Å². The van der Waals surface area contributed by atoms with Crippen molar-refractivity contribution in [1.29, 1.82) is 0 Å². The highest BCUT2D eigenvalue weighted by atomic mass is 32.1. The van der Waals surface area contributed by atoms with Gasteiger partial charge in [-0.2, -0.15) is 0 Å². The summed E-state index contributed by atoms with van der Waals surface area (Å²) in [6.07, 6.45) is 0. The Morgan fingerprint density at radius 1 is 1.46 bits per heavy atom. The number of rotatable bonds is 1. The largest absolute Gasteiger partial charge is 0.365 e. The summed E-state index contributed by atoms with van der Waals surface area (Å²) in [6.45, 7) is 0. The fourth-order valence-electron chi connectivity index (χ4n) is 1.07. The molecule has 2 aromatic heterocycles. The smallest absolute Gasteiger partial charge is 0.258 e. The van der Waals surface area contributed by atoms with Gasteiger partial charge in [0.1, 0.15) is 4.83 Å². The summed E-state index contributed by atoms with van der Waals surface area (Å²) in [5.74, 6) is -0.470. The van der Waals surface area contributed by atoms with Gasteiger partial charge >= 0.3 is 0 Å². The molecule has 66 valence electrons. The third kappa shape index (κ3) is 1.33. The first kappa shape index (κ1) is 8.00. The van der Waals surface area contributed by atoms with Crippen LogP contribution in [0.15, 0.2) is 23.0 Å². The number of carbonyl (C=O) groups is 1. The van der Waals surface area contributed by atoms with E-state index in [9.17, 15) is 9.59 Å². The van der Waals surface area contributed by atoms with Gasteiger partial charge in [0.25, 0.3) is 5.91 Å². The molecule has 13 heavy (non-hydrogen) atoms. The Bertz CT molecular complexity index is 526. The van der Waals surface area contributed by atoms with Gasteiger partial charge in [0.2, 0.25) is 5.56 Å². The molecule has 0 radical (unpaired) electrons. The normalized spacial score (nSPS) is 10.5. The van der Waals surface area contributed by atoms with Crippen molar-refractivity contribution in [3.05, 3.63) is 33.4 Å². The average Bonchev–Trinajstić information content (AvgIpc) is 2.46. The molecule has 0 atom stereocenters. The van der Waals surface area contributed by atoms with Gasteiger partial charge in [-0.05, 0) is 12.1 Å². The molecule has 3 N–H and O–H groups in total. The molecule has 0 aliphatic carbocycles. The molecule has 0 bridgehead atoms. The number of pyridine rings is 1. The van der Waals surface area contributed by atoms with Crippen LogP contribution in [0.2, 0.25) is 0 Å². The second-order valence-electron chi connectivity index (χ2n) is 2.58. The number of primary amides is 1. The maximum atomic E-state index is 10.9. The zero-order chi connectivity index (χ0) is 9.42. The maximum absolute atomic E-state index is 10.9. The fourth-order valence-corrected chi connectivity index (χ4v) is 1.97. The van der Waals surface area contributed by atoms with Crippen molar-refractivity contribution in [2.75, 3.05) is 0 Å². The van der Waals surface area contributed by atoms with Crippen LogP contribution in [0.1, 0.15) is 9.67 Å². The highest BCUT2D eigenvalue weighted by molar-refractivity contribution is 7.20. The van der Waals surface area contributed by atoms with E-state index in [1.54, 1.807) is 12.1 Å². The van der Waals surface area contributed by atoms with Gasteiger partial charge in [-0.1, -0.05) is 0 Å². The second-order valence-corrected chi connectivity index (χ2v) is 3.63. The van der Waals surface area contributed by atoms with Crippen LogP contribution in [0.4, 0.5) is 0 Å². The minimum atomic E-state index is -0.470. The lowest BCUT2D eigenvalue weighted by Crippen LogP contribution is -2.07. The Morgan fingerprint density at radius 3 is 2.92 bits per heavy atom. The van der Waals surface area contributed by atoms with Crippen molar-refractivity contribution in [3.8, 4) is 0 Å². The Kier molecular flexibility index (Phi) is 1.66. The molecule has 5 heteroatoms. The Labute approximate surface area is 77.0 Å². The molecule has 0 spiro atoms. The standard InChI is InChI=1S/C8H6N2O2S/c9-7(12)5-3-4-1-2-6(11)10-8(4)13-5/h1-3H,(H2,9,12)(H,10,11). The molecule has 1 amide bonds. The van der Waals surface area contributed by atoms with Crippen LogP contribution in [-0.4, -0.2) is 10.9 Å². The van der Waals surface area contributed by atoms with E-state index >= 15 is 0 Å². The average molecular weight is 194 g/mol. The van der Waals surface area contributed by atoms with Crippen LogP contribution >= 0.6 is 11.3 Å². The first-order chi connectivity index (χ1) is 6.16. The first-order valence-electron chi connectivity index (χ1n) is 3.59. The summed E-state index contributed by atoms with van der Waals surface area (Å²) in [6, 6.07) is 4.75. The van der Waals surface area contributed by atoms with Gasteiger partial charge in [-0.15, -0.1) is 11.3 Å². The van der Waals surface area contributed by atoms with Crippen molar-refractivity contribution < 1.29 is 4.79 Å². The monoisotopic (exact) mass is 194 g/mol. The fraction of sp³-hybridized carbons (Fsp3) is 0. The van der Waals surface area contributed by atoms with Crippen molar-refractivity contribution in [2.24, 2.45) is 5.73 Å². The van der Waals surface area contributed by atoms with Crippen LogP contribution in [0, 0.1) is 0 Å². The number of amides is 1. The number of fused-ring (bicyclic) bond motifs is 1. The summed E-state index contributed by atoms with van der Waals surface area (Å²) in [5.41, 5.74) is 4.92. The van der Waals surface area contributed by atoms with E-state index in [4.69, 9.17) is 5.73 Å². The lowest BCUT2D eigenvalue weighted by atomic mass is 10.3. The van der Waals surface area contributed by atoms with Crippen molar-refractivity contribution in [1.82, 2.24) is 4.98 Å². The quantitative estimate of drug-likeness (QED) is 0.700. The summed E-state index contributed by atoms with van der Waals surface area (Å²) < 4.78 is 0. The molecule has 0 unspecified atom stereocenters. The van der Waals surface area contributed by atoms with Crippen LogP contribution in [-0.2, 0) is 0 Å². The third-order valence-electron chi connectivity index (χ3n) is 1.65. The number of hydrogen-bond donors (Lipinski definition) is 2. The molecule has 0 fully saturated rings. The minimum Gasteiger partial charge on any atom is -0.365 e. The Hall–Kier alpha value is -1.62. The number of nitrogens with one attached hydrogen (secondary N) is 1. The number of thiophene rings is 1. The lowest BCUT2D eigenvalue weighted by molar-refractivity contribution is 0.100. The Morgan fingerprint density at radius 2 is 2.23 bits per heavy atom. The first-order valence-corrected chi connectivity index (χ1v) is 4.41. The molecule has 4 nitrogen and oxygen atoms in total. The highest BCUT2D eigenvalue weighted by Crippen LogP contribution is 2.21. The predicted molar refractivity (Wildman–Crippen MR) is 51.0 cm³/mol. The van der Waals surface area contributed by atoms with E-state index in [0.717, 1.165) is 5.39 Å². The molecule has 2 heterocycles. The van der Waals surface area contributed by atoms with Gasteiger partial charge in [0, 0.05) is 11.5 Å². The number of hydrogen-bond acceptors (Lipinski definition) is 3. The van der Waals surface area contributed by atoms with Gasteiger partial charge in [-0.3, -0.25) is 9.59 Å². The predicted octanol–water partition coefficient (Wildman–Crippen LogP) is 0.689. The number of carbonyl (C=O) groups excluding carboxylic acids is 1. The van der Waals surface area contributed by atoms with Crippen molar-refractivity contribution in [3.63, 3.8) is 0 Å². The molecular formula is C8H6N2O2S. The molecule has 0 aromatic carbocycles. The number of H-pyrrole nitrogens is 1. The van der Waals surface area contributed by atoms with E-state index in [2.05, 4.69) is 4.98 Å². The zero-order valence-corrected chi connectivity index (χ0v) is 7.35. The van der Waals surface area contributed by atoms with E-state index in [-0.39, 0.29) is 5.56 Å². The lowest BCUT2D eigenvalue weighted by Gasteiger charge is -1.83. The molecule has 2 rings (SSSR count). The molecule has 0 saturated carbocycles. The van der Waals surface area contributed by atoms with Crippen LogP contribution in [0.3, 0.4) is 0 Å². The van der Waals surface area contributed by atoms with Gasteiger partial charge < -0.3 is 10.7 Å². The van der Waals surface area contributed by atoms with Crippen LogP contribution < -0.4 is 11.3 Å². The van der Waals surface area contributed by atoms with Crippen molar-refractivity contribution in [2.45, 2.75) is 0 Å². The van der Waals surface area contributed by atoms with Crippen molar-refractivity contribution >= 4 is 27.5 Å². The SMILES string of the molecule is NC(=O)c1cc2ccc(=O)[nH]c2s1. The molecule has 0 saturated heterocycles. The highest BCUT2D eigenvalue weighted by Gasteiger charge is 2.06. The zero-order valence-electron chi connectivity index (χ0n) is 6.53. The van der Waals surface area contributed by atoms with E-state index in [1.165, 1.54) is 17.4 Å². The van der Waals surface area contributed by atoms with Crippen LogP contribution in [0.5, 0.6) is 0 Å². The minimum absolute atomic E-state index is 0.176. The topological polar surface area (TPSA) is 76.0 Å². The number of nitrogens with two attached hydrogens (primary N) is 1. The Balaban J connectivity index is 2.75.